The minimum Gasteiger partial charge on any atom is -0.330 e. The third kappa shape index (κ3) is 2.79. The highest BCUT2D eigenvalue weighted by Gasteiger charge is 2.26. The van der Waals surface area contributed by atoms with E-state index in [1.165, 1.54) is 34.7 Å². The van der Waals surface area contributed by atoms with Crippen molar-refractivity contribution < 1.29 is 0 Å². The highest BCUT2D eigenvalue weighted by molar-refractivity contribution is 7.12. The van der Waals surface area contributed by atoms with Crippen molar-refractivity contribution in [2.24, 2.45) is 11.7 Å². The van der Waals surface area contributed by atoms with Gasteiger partial charge < -0.3 is 5.73 Å². The van der Waals surface area contributed by atoms with Gasteiger partial charge in [-0.1, -0.05) is 43.7 Å². The number of nitrogens with two attached hydrogens (primary N) is 1. The quantitative estimate of drug-likeness (QED) is 0.914. The minimum atomic E-state index is 0.670. The summed E-state index contributed by atoms with van der Waals surface area (Å²) in [5, 5.41) is 1.33. The van der Waals surface area contributed by atoms with Crippen molar-refractivity contribution in [1.82, 2.24) is 4.98 Å². The summed E-state index contributed by atoms with van der Waals surface area (Å²) in [5.74, 6) is 1.52. The number of hydrogen-bond acceptors (Lipinski definition) is 3. The first-order valence-corrected chi connectivity index (χ1v) is 8.34. The van der Waals surface area contributed by atoms with Crippen LogP contribution >= 0.6 is 11.3 Å². The van der Waals surface area contributed by atoms with Gasteiger partial charge in [-0.3, -0.25) is 0 Å². The van der Waals surface area contributed by atoms with Gasteiger partial charge in [0.05, 0.1) is 10.7 Å². The summed E-state index contributed by atoms with van der Waals surface area (Å²) in [7, 11) is 0. The molecule has 3 heteroatoms. The molecule has 106 valence electrons. The second-order valence-electron chi connectivity index (χ2n) is 5.84. The van der Waals surface area contributed by atoms with Crippen LogP contribution in [0, 0.1) is 5.92 Å². The zero-order valence-corrected chi connectivity index (χ0v) is 12.8. The van der Waals surface area contributed by atoms with Gasteiger partial charge in [0.25, 0.3) is 0 Å². The normalized spacial score (nSPS) is 22.3. The molecule has 0 amide bonds. The topological polar surface area (TPSA) is 38.9 Å². The van der Waals surface area contributed by atoms with Crippen molar-refractivity contribution in [3.8, 4) is 11.3 Å². The summed E-state index contributed by atoms with van der Waals surface area (Å²) in [5.41, 5.74) is 8.16. The van der Waals surface area contributed by atoms with Gasteiger partial charge in [0, 0.05) is 16.4 Å². The molecule has 1 aromatic carbocycles. The number of thiazole rings is 1. The first kappa shape index (κ1) is 13.8. The summed E-state index contributed by atoms with van der Waals surface area (Å²) in [6.45, 7) is 3.05. The molecule has 2 nitrogen and oxygen atoms in total. The van der Waals surface area contributed by atoms with Crippen molar-refractivity contribution in [1.29, 1.82) is 0 Å². The molecule has 1 aliphatic carbocycles. The highest BCUT2D eigenvalue weighted by Crippen LogP contribution is 2.41. The first-order valence-electron chi connectivity index (χ1n) is 7.53. The largest absolute Gasteiger partial charge is 0.330 e. The van der Waals surface area contributed by atoms with E-state index in [2.05, 4.69) is 37.3 Å². The Bertz CT molecular complexity index is 562. The molecular weight excluding hydrogens is 264 g/mol. The van der Waals surface area contributed by atoms with E-state index < -0.39 is 0 Å². The number of benzene rings is 1. The predicted octanol–water partition coefficient (Wildman–Crippen LogP) is 4.21. The van der Waals surface area contributed by atoms with Gasteiger partial charge in [0.15, 0.2) is 0 Å². The van der Waals surface area contributed by atoms with E-state index in [4.69, 9.17) is 10.7 Å². The monoisotopic (exact) mass is 286 g/mol. The second-order valence-corrected chi connectivity index (χ2v) is 6.96. The summed E-state index contributed by atoms with van der Waals surface area (Å²) in [4.78, 5) is 6.33. The van der Waals surface area contributed by atoms with Crippen molar-refractivity contribution in [2.75, 3.05) is 6.54 Å². The fraction of sp³-hybridized carbons (Fsp3) is 0.471. The van der Waals surface area contributed by atoms with E-state index in [0.29, 0.717) is 12.5 Å². The third-order valence-electron chi connectivity index (χ3n) is 4.18. The van der Waals surface area contributed by atoms with Crippen LogP contribution in [0.15, 0.2) is 30.3 Å². The molecule has 3 rings (SSSR count). The summed E-state index contributed by atoms with van der Waals surface area (Å²) >= 11 is 1.89. The molecule has 0 aliphatic heterocycles. The smallest absolute Gasteiger partial charge is 0.0966 e. The van der Waals surface area contributed by atoms with Gasteiger partial charge in [0.2, 0.25) is 0 Å². The van der Waals surface area contributed by atoms with Gasteiger partial charge in [0.1, 0.15) is 0 Å². The summed E-state index contributed by atoms with van der Waals surface area (Å²) in [6.07, 6.45) is 4.87. The van der Waals surface area contributed by atoms with Crippen LogP contribution in [0.5, 0.6) is 0 Å². The zero-order valence-electron chi connectivity index (χ0n) is 12.0. The lowest BCUT2D eigenvalue weighted by atomic mass is 10.1. The van der Waals surface area contributed by atoms with Crippen molar-refractivity contribution in [2.45, 2.75) is 38.5 Å². The Hall–Kier alpha value is -1.19. The molecule has 1 aromatic heterocycles. The van der Waals surface area contributed by atoms with E-state index >= 15 is 0 Å². The molecule has 0 radical (unpaired) electrons. The maximum absolute atomic E-state index is 5.77. The molecular formula is C17H22N2S. The number of aromatic nitrogens is 1. The average molecular weight is 286 g/mol. The van der Waals surface area contributed by atoms with Crippen LogP contribution in [0.2, 0.25) is 0 Å². The number of rotatable bonds is 4. The Balaban J connectivity index is 1.94. The fourth-order valence-electron chi connectivity index (χ4n) is 3.10. The second kappa shape index (κ2) is 6.06. The molecule has 0 spiro atoms. The summed E-state index contributed by atoms with van der Waals surface area (Å²) in [6, 6.07) is 10.5. The molecule has 2 atom stereocenters. The van der Waals surface area contributed by atoms with E-state index in [1.807, 2.05) is 11.3 Å². The van der Waals surface area contributed by atoms with Crippen LogP contribution in [0.4, 0.5) is 0 Å². The van der Waals surface area contributed by atoms with E-state index in [-0.39, 0.29) is 0 Å². The fourth-order valence-corrected chi connectivity index (χ4v) is 4.35. The Morgan fingerprint density at radius 3 is 2.70 bits per heavy atom. The van der Waals surface area contributed by atoms with Crippen LogP contribution in [0.1, 0.15) is 42.0 Å². The maximum atomic E-state index is 5.77. The molecule has 1 fully saturated rings. The minimum absolute atomic E-state index is 0.670. The summed E-state index contributed by atoms with van der Waals surface area (Å²) < 4.78 is 0. The predicted molar refractivity (Wildman–Crippen MR) is 86.1 cm³/mol. The van der Waals surface area contributed by atoms with E-state index in [1.54, 1.807) is 0 Å². The first-order chi connectivity index (χ1) is 9.78. The van der Waals surface area contributed by atoms with Crippen molar-refractivity contribution in [3.05, 3.63) is 40.2 Å². The average Bonchev–Trinajstić information content (AvgIpc) is 3.07. The van der Waals surface area contributed by atoms with Crippen LogP contribution in [-0.4, -0.2) is 11.5 Å². The molecule has 20 heavy (non-hydrogen) atoms. The van der Waals surface area contributed by atoms with E-state index in [9.17, 15) is 0 Å². The van der Waals surface area contributed by atoms with Crippen LogP contribution in [-0.2, 0) is 6.42 Å². The number of hydrogen-bond donors (Lipinski definition) is 1. The van der Waals surface area contributed by atoms with Crippen LogP contribution in [0.3, 0.4) is 0 Å². The Morgan fingerprint density at radius 2 is 2.05 bits per heavy atom. The molecule has 1 aliphatic rings. The van der Waals surface area contributed by atoms with Gasteiger partial charge in [-0.25, -0.2) is 4.98 Å². The molecule has 2 N–H and O–H groups in total. The van der Waals surface area contributed by atoms with Gasteiger partial charge in [-0.15, -0.1) is 11.3 Å². The highest BCUT2D eigenvalue weighted by atomic mass is 32.1. The van der Waals surface area contributed by atoms with Crippen molar-refractivity contribution >= 4 is 11.3 Å². The van der Waals surface area contributed by atoms with Gasteiger partial charge >= 0.3 is 0 Å². The van der Waals surface area contributed by atoms with Crippen LogP contribution in [0.25, 0.3) is 11.3 Å². The van der Waals surface area contributed by atoms with Gasteiger partial charge in [-0.2, -0.15) is 0 Å². The lowest BCUT2D eigenvalue weighted by molar-refractivity contribution is 0.596. The Morgan fingerprint density at radius 1 is 1.25 bits per heavy atom. The molecule has 0 saturated heterocycles. The Kier molecular flexibility index (Phi) is 4.18. The third-order valence-corrected chi connectivity index (χ3v) is 5.45. The molecule has 2 unspecified atom stereocenters. The maximum Gasteiger partial charge on any atom is 0.0966 e. The lowest BCUT2D eigenvalue weighted by Gasteiger charge is -2.04. The SMILES string of the molecule is CC1CCC(c2nc(-c3ccccc3)c(CCN)s2)C1. The Labute approximate surface area is 125 Å². The molecule has 1 saturated carbocycles. The molecule has 0 bridgehead atoms. The van der Waals surface area contributed by atoms with Crippen LogP contribution < -0.4 is 5.73 Å². The lowest BCUT2D eigenvalue weighted by Crippen LogP contribution is -2.02. The number of nitrogens with zero attached hydrogens (tertiary/aromatic N) is 1. The zero-order chi connectivity index (χ0) is 13.9. The van der Waals surface area contributed by atoms with E-state index in [0.717, 1.165) is 18.0 Å². The molecule has 1 heterocycles. The van der Waals surface area contributed by atoms with Crippen molar-refractivity contribution in [3.63, 3.8) is 0 Å². The van der Waals surface area contributed by atoms with Gasteiger partial charge in [-0.05, 0) is 31.7 Å². The standard InChI is InChI=1S/C17H22N2S/c1-12-7-8-14(11-12)17-19-16(15(20-17)9-10-18)13-5-3-2-4-6-13/h2-6,12,14H,7-11,18H2,1H3. The molecule has 2 aromatic rings.